The average molecular weight is 248 g/mol. The summed E-state index contributed by atoms with van der Waals surface area (Å²) in [7, 11) is 0. The zero-order valence-corrected chi connectivity index (χ0v) is 11.4. The third kappa shape index (κ3) is 4.88. The lowest BCUT2D eigenvalue weighted by molar-refractivity contribution is -0.122. The topological polar surface area (TPSA) is 55.1 Å². The maximum absolute atomic E-state index is 11.6. The van der Waals surface area contributed by atoms with Crippen LogP contribution < -0.4 is 11.1 Å². The van der Waals surface area contributed by atoms with Crippen molar-refractivity contribution in [2.75, 3.05) is 6.54 Å². The molecule has 1 amide bonds. The smallest absolute Gasteiger partial charge is 0.236 e. The normalized spacial score (nSPS) is 13.9. The first-order chi connectivity index (χ1) is 8.65. The zero-order chi connectivity index (χ0) is 13.4. The van der Waals surface area contributed by atoms with E-state index in [0.717, 1.165) is 19.3 Å². The molecule has 1 aromatic carbocycles. The lowest BCUT2D eigenvalue weighted by Crippen LogP contribution is -2.40. The molecule has 0 aliphatic rings. The van der Waals surface area contributed by atoms with Crippen molar-refractivity contribution in [3.05, 3.63) is 35.9 Å². The van der Waals surface area contributed by atoms with Gasteiger partial charge in [-0.05, 0) is 24.3 Å². The van der Waals surface area contributed by atoms with Gasteiger partial charge in [0, 0.05) is 6.54 Å². The lowest BCUT2D eigenvalue weighted by Gasteiger charge is -2.14. The third-order valence-corrected chi connectivity index (χ3v) is 3.18. The molecule has 0 aliphatic heterocycles. The molecular weight excluding hydrogens is 224 g/mol. The van der Waals surface area contributed by atoms with Crippen LogP contribution >= 0.6 is 0 Å². The van der Waals surface area contributed by atoms with E-state index >= 15 is 0 Å². The molecule has 0 aromatic heterocycles. The molecule has 2 unspecified atom stereocenters. The number of hydrogen-bond acceptors (Lipinski definition) is 2. The van der Waals surface area contributed by atoms with Gasteiger partial charge in [0.1, 0.15) is 0 Å². The van der Waals surface area contributed by atoms with E-state index in [0.29, 0.717) is 12.5 Å². The fourth-order valence-electron chi connectivity index (χ4n) is 1.93. The molecule has 0 radical (unpaired) electrons. The summed E-state index contributed by atoms with van der Waals surface area (Å²) in [4.78, 5) is 11.6. The van der Waals surface area contributed by atoms with Crippen LogP contribution in [0.5, 0.6) is 0 Å². The van der Waals surface area contributed by atoms with E-state index in [-0.39, 0.29) is 11.9 Å². The van der Waals surface area contributed by atoms with E-state index in [1.54, 1.807) is 0 Å². The van der Waals surface area contributed by atoms with Crippen LogP contribution in [0.15, 0.2) is 30.3 Å². The molecule has 1 aromatic rings. The second-order valence-electron chi connectivity index (χ2n) is 4.79. The molecule has 18 heavy (non-hydrogen) atoms. The number of hydrogen-bond donors (Lipinski definition) is 2. The number of nitrogens with two attached hydrogens (primary N) is 1. The highest BCUT2D eigenvalue weighted by Gasteiger charge is 2.12. The summed E-state index contributed by atoms with van der Waals surface area (Å²) in [6, 6.07) is 9.98. The summed E-state index contributed by atoms with van der Waals surface area (Å²) in [6.07, 6.45) is 2.63. The number of benzene rings is 1. The summed E-state index contributed by atoms with van der Waals surface area (Å²) in [5.74, 6) is 0.422. The Morgan fingerprint density at radius 2 is 1.94 bits per heavy atom. The van der Waals surface area contributed by atoms with Gasteiger partial charge in [-0.25, -0.2) is 0 Å². The molecule has 0 bridgehead atoms. The summed E-state index contributed by atoms with van der Waals surface area (Å²) >= 11 is 0. The number of carbonyl (C=O) groups is 1. The second kappa shape index (κ2) is 7.88. The molecule has 3 heteroatoms. The van der Waals surface area contributed by atoms with Crippen molar-refractivity contribution >= 4 is 5.91 Å². The molecule has 0 aliphatic carbocycles. The molecule has 0 saturated heterocycles. The minimum absolute atomic E-state index is 0.0305. The number of carbonyl (C=O) groups excluding carboxylic acids is 1. The van der Waals surface area contributed by atoms with E-state index in [1.165, 1.54) is 5.56 Å². The third-order valence-electron chi connectivity index (χ3n) is 3.18. The van der Waals surface area contributed by atoms with Crippen LogP contribution in [0.25, 0.3) is 0 Å². The predicted molar refractivity (Wildman–Crippen MR) is 75.4 cm³/mol. The molecule has 0 heterocycles. The molecule has 100 valence electrons. The van der Waals surface area contributed by atoms with Crippen LogP contribution in [-0.4, -0.2) is 18.5 Å². The van der Waals surface area contributed by atoms with Crippen LogP contribution in [0.2, 0.25) is 0 Å². The molecule has 0 spiro atoms. The molecule has 3 N–H and O–H groups in total. The van der Waals surface area contributed by atoms with Gasteiger partial charge in [0.2, 0.25) is 5.91 Å². The predicted octanol–water partition coefficient (Wildman–Crippen LogP) is 2.42. The van der Waals surface area contributed by atoms with Gasteiger partial charge in [0.15, 0.2) is 0 Å². The fraction of sp³-hybridized carbons (Fsp3) is 0.533. The van der Waals surface area contributed by atoms with Crippen LogP contribution in [0.4, 0.5) is 0 Å². The van der Waals surface area contributed by atoms with Gasteiger partial charge in [0.05, 0.1) is 6.04 Å². The highest BCUT2D eigenvalue weighted by molar-refractivity contribution is 5.81. The molecule has 2 atom stereocenters. The largest absolute Gasteiger partial charge is 0.355 e. The van der Waals surface area contributed by atoms with Gasteiger partial charge >= 0.3 is 0 Å². The Kier molecular flexibility index (Phi) is 6.44. The maximum atomic E-state index is 11.6. The lowest BCUT2D eigenvalue weighted by atomic mass is 9.98. The van der Waals surface area contributed by atoms with E-state index in [2.05, 4.69) is 24.4 Å². The molecule has 0 saturated carbocycles. The number of amides is 1. The first kappa shape index (κ1) is 14.7. The number of rotatable bonds is 7. The Hall–Kier alpha value is -1.35. The van der Waals surface area contributed by atoms with Crippen LogP contribution in [0, 0.1) is 0 Å². The highest BCUT2D eigenvalue weighted by atomic mass is 16.2. The van der Waals surface area contributed by atoms with Crippen molar-refractivity contribution < 1.29 is 4.79 Å². The van der Waals surface area contributed by atoms with Crippen LogP contribution in [0.1, 0.15) is 44.6 Å². The Morgan fingerprint density at radius 3 is 2.56 bits per heavy atom. The van der Waals surface area contributed by atoms with Gasteiger partial charge in [0.25, 0.3) is 0 Å². The first-order valence-electron chi connectivity index (χ1n) is 6.73. The van der Waals surface area contributed by atoms with Gasteiger partial charge in [-0.1, -0.05) is 50.6 Å². The molecular formula is C15H24N2O. The van der Waals surface area contributed by atoms with E-state index in [1.807, 2.05) is 25.1 Å². The Bertz CT molecular complexity index is 351. The van der Waals surface area contributed by atoms with Crippen molar-refractivity contribution in [2.24, 2.45) is 5.73 Å². The van der Waals surface area contributed by atoms with Gasteiger partial charge < -0.3 is 11.1 Å². The quantitative estimate of drug-likeness (QED) is 0.778. The first-order valence-corrected chi connectivity index (χ1v) is 6.73. The van der Waals surface area contributed by atoms with Crippen molar-refractivity contribution in [1.82, 2.24) is 5.32 Å². The van der Waals surface area contributed by atoms with Gasteiger partial charge in [-0.15, -0.1) is 0 Å². The van der Waals surface area contributed by atoms with Crippen molar-refractivity contribution in [1.29, 1.82) is 0 Å². The molecule has 3 nitrogen and oxygen atoms in total. The second-order valence-corrected chi connectivity index (χ2v) is 4.79. The summed E-state index contributed by atoms with van der Waals surface area (Å²) in [5.41, 5.74) is 7.05. The van der Waals surface area contributed by atoms with Crippen molar-refractivity contribution in [2.45, 2.75) is 45.1 Å². The Morgan fingerprint density at radius 1 is 1.28 bits per heavy atom. The summed E-state index contributed by atoms with van der Waals surface area (Å²) < 4.78 is 0. The SMILES string of the molecule is CCCC(N)C(=O)NCCC(C)c1ccccc1. The standard InChI is InChI=1S/C15H24N2O/c1-3-7-14(16)15(18)17-11-10-12(2)13-8-5-4-6-9-13/h4-6,8-9,12,14H,3,7,10-11,16H2,1-2H3,(H,17,18). The molecule has 0 fully saturated rings. The van der Waals surface area contributed by atoms with Crippen LogP contribution in [-0.2, 0) is 4.79 Å². The van der Waals surface area contributed by atoms with Gasteiger partial charge in [-0.2, -0.15) is 0 Å². The minimum Gasteiger partial charge on any atom is -0.355 e. The maximum Gasteiger partial charge on any atom is 0.236 e. The minimum atomic E-state index is -0.359. The summed E-state index contributed by atoms with van der Waals surface area (Å²) in [5, 5.41) is 2.90. The summed E-state index contributed by atoms with van der Waals surface area (Å²) in [6.45, 7) is 4.89. The van der Waals surface area contributed by atoms with Crippen molar-refractivity contribution in [3.63, 3.8) is 0 Å². The average Bonchev–Trinajstić information content (AvgIpc) is 2.39. The monoisotopic (exact) mass is 248 g/mol. The highest BCUT2D eigenvalue weighted by Crippen LogP contribution is 2.17. The fourth-order valence-corrected chi connectivity index (χ4v) is 1.93. The van der Waals surface area contributed by atoms with Crippen molar-refractivity contribution in [3.8, 4) is 0 Å². The Labute approximate surface area is 110 Å². The van der Waals surface area contributed by atoms with Gasteiger partial charge in [-0.3, -0.25) is 4.79 Å². The van der Waals surface area contributed by atoms with E-state index in [9.17, 15) is 4.79 Å². The van der Waals surface area contributed by atoms with Crippen LogP contribution in [0.3, 0.4) is 0 Å². The van der Waals surface area contributed by atoms with E-state index < -0.39 is 0 Å². The van der Waals surface area contributed by atoms with E-state index in [4.69, 9.17) is 5.73 Å². The number of nitrogens with one attached hydrogen (secondary N) is 1. The zero-order valence-electron chi connectivity index (χ0n) is 11.4. The molecule has 1 rings (SSSR count). The Balaban J connectivity index is 2.27.